The first-order valence-electron chi connectivity index (χ1n) is 8.74. The van der Waals surface area contributed by atoms with Crippen LogP contribution in [0.3, 0.4) is 0 Å². The Bertz CT molecular complexity index is 607. The summed E-state index contributed by atoms with van der Waals surface area (Å²) in [5.41, 5.74) is -0.679. The Balaban J connectivity index is 1.97. The summed E-state index contributed by atoms with van der Waals surface area (Å²) in [4.78, 5) is 22.7. The molecule has 0 unspecified atom stereocenters. The first-order valence-corrected chi connectivity index (χ1v) is 8.74. The number of allylic oxidation sites excluding steroid dienone is 1. The fourth-order valence-electron chi connectivity index (χ4n) is 5.47. The van der Waals surface area contributed by atoms with Gasteiger partial charge in [0.2, 0.25) is 0 Å². The average Bonchev–Trinajstić information content (AvgIpc) is 2.75. The molecule has 0 heterocycles. The van der Waals surface area contributed by atoms with Gasteiger partial charge in [0.15, 0.2) is 0 Å². The second-order valence-electron chi connectivity index (χ2n) is 8.80. The van der Waals surface area contributed by atoms with Crippen molar-refractivity contribution < 1.29 is 24.2 Å². The fraction of sp³-hybridized carbons (Fsp3) is 0.789. The summed E-state index contributed by atoms with van der Waals surface area (Å²) < 4.78 is 10.6. The van der Waals surface area contributed by atoms with Crippen molar-refractivity contribution in [3.05, 3.63) is 11.6 Å². The van der Waals surface area contributed by atoms with Crippen molar-refractivity contribution in [3.8, 4) is 0 Å². The van der Waals surface area contributed by atoms with E-state index in [0.717, 1.165) is 12.8 Å². The maximum Gasteiger partial charge on any atom is 0.303 e. The van der Waals surface area contributed by atoms with Gasteiger partial charge in [-0.25, -0.2) is 0 Å². The zero-order valence-corrected chi connectivity index (χ0v) is 15.2. The third-order valence-electron chi connectivity index (χ3n) is 6.49. The molecule has 2 fully saturated rings. The summed E-state index contributed by atoms with van der Waals surface area (Å²) in [5, 5.41) is 11.6. The summed E-state index contributed by atoms with van der Waals surface area (Å²) in [5.74, 6) is -0.0471. The minimum absolute atomic E-state index is 0.0584. The van der Waals surface area contributed by atoms with Crippen LogP contribution in [-0.4, -0.2) is 35.4 Å². The van der Waals surface area contributed by atoms with Crippen molar-refractivity contribution >= 4 is 11.9 Å². The van der Waals surface area contributed by atoms with Gasteiger partial charge in [-0.2, -0.15) is 0 Å². The molecular formula is C19H28O5. The predicted molar refractivity (Wildman–Crippen MR) is 87.9 cm³/mol. The molecule has 0 spiro atoms. The summed E-state index contributed by atoms with van der Waals surface area (Å²) in [6.45, 7) is 9.39. The van der Waals surface area contributed by atoms with E-state index in [0.29, 0.717) is 23.8 Å². The van der Waals surface area contributed by atoms with E-state index in [1.165, 1.54) is 13.8 Å². The minimum atomic E-state index is -1.24. The Hall–Kier alpha value is -1.36. The van der Waals surface area contributed by atoms with E-state index in [-0.39, 0.29) is 23.4 Å². The molecule has 3 rings (SSSR count). The molecule has 0 amide bonds. The lowest BCUT2D eigenvalue weighted by Gasteiger charge is -2.65. The van der Waals surface area contributed by atoms with Gasteiger partial charge in [-0.05, 0) is 42.1 Å². The third kappa shape index (κ3) is 2.40. The number of carbonyl (C=O) groups is 2. The van der Waals surface area contributed by atoms with E-state index < -0.39 is 17.7 Å². The number of rotatable bonds is 3. The molecule has 0 aromatic carbocycles. The average molecular weight is 336 g/mol. The van der Waals surface area contributed by atoms with Crippen LogP contribution >= 0.6 is 0 Å². The van der Waals surface area contributed by atoms with Gasteiger partial charge in [0.1, 0.15) is 18.3 Å². The van der Waals surface area contributed by atoms with Gasteiger partial charge in [-0.1, -0.05) is 26.8 Å². The monoisotopic (exact) mass is 336 g/mol. The van der Waals surface area contributed by atoms with Crippen LogP contribution in [0.15, 0.2) is 11.6 Å². The molecule has 0 aromatic rings. The topological polar surface area (TPSA) is 72.8 Å². The minimum Gasteiger partial charge on any atom is -0.461 e. The lowest BCUT2D eigenvalue weighted by molar-refractivity contribution is -0.259. The Morgan fingerprint density at radius 3 is 2.42 bits per heavy atom. The van der Waals surface area contributed by atoms with Gasteiger partial charge in [0.25, 0.3) is 0 Å². The first kappa shape index (κ1) is 17.5. The Labute approximate surface area is 143 Å². The van der Waals surface area contributed by atoms with Crippen molar-refractivity contribution in [2.75, 3.05) is 6.61 Å². The lowest BCUT2D eigenvalue weighted by Crippen LogP contribution is -2.73. The van der Waals surface area contributed by atoms with Crippen molar-refractivity contribution in [2.24, 2.45) is 22.7 Å². The molecule has 0 radical (unpaired) electrons. The number of esters is 2. The van der Waals surface area contributed by atoms with Crippen LogP contribution in [-0.2, 0) is 19.1 Å². The highest BCUT2D eigenvalue weighted by Gasteiger charge is 2.72. The van der Waals surface area contributed by atoms with E-state index >= 15 is 0 Å². The molecule has 0 saturated heterocycles. The lowest BCUT2D eigenvalue weighted by atomic mass is 9.44. The molecule has 5 atom stereocenters. The normalized spacial score (nSPS) is 42.2. The van der Waals surface area contributed by atoms with Crippen LogP contribution in [0.2, 0.25) is 0 Å². The fourth-order valence-corrected chi connectivity index (χ4v) is 5.47. The quantitative estimate of drug-likeness (QED) is 0.633. The van der Waals surface area contributed by atoms with Crippen molar-refractivity contribution in [3.63, 3.8) is 0 Å². The van der Waals surface area contributed by atoms with Crippen molar-refractivity contribution in [1.29, 1.82) is 0 Å². The molecule has 3 aliphatic carbocycles. The van der Waals surface area contributed by atoms with Crippen LogP contribution in [0, 0.1) is 22.7 Å². The maximum atomic E-state index is 11.6. The molecular weight excluding hydrogens is 308 g/mol. The van der Waals surface area contributed by atoms with Gasteiger partial charge in [0.05, 0.1) is 0 Å². The van der Waals surface area contributed by atoms with Crippen LogP contribution in [0.25, 0.3) is 0 Å². The Morgan fingerprint density at radius 2 is 1.83 bits per heavy atom. The number of hydrogen-bond donors (Lipinski definition) is 1. The van der Waals surface area contributed by atoms with E-state index in [1.807, 2.05) is 0 Å². The predicted octanol–water partition coefficient (Wildman–Crippen LogP) is 2.61. The van der Waals surface area contributed by atoms with E-state index in [2.05, 4.69) is 26.8 Å². The van der Waals surface area contributed by atoms with Crippen LogP contribution in [0.1, 0.15) is 53.9 Å². The molecule has 2 saturated carbocycles. The third-order valence-corrected chi connectivity index (χ3v) is 6.49. The molecule has 1 N–H and O–H groups in total. The number of fused-ring (bicyclic) bond motifs is 3. The largest absolute Gasteiger partial charge is 0.461 e. The molecule has 3 aliphatic rings. The van der Waals surface area contributed by atoms with Crippen molar-refractivity contribution in [1.82, 2.24) is 0 Å². The van der Waals surface area contributed by atoms with Crippen LogP contribution < -0.4 is 0 Å². The van der Waals surface area contributed by atoms with Crippen molar-refractivity contribution in [2.45, 2.75) is 65.6 Å². The van der Waals surface area contributed by atoms with Gasteiger partial charge in [0, 0.05) is 19.3 Å². The molecule has 24 heavy (non-hydrogen) atoms. The smallest absolute Gasteiger partial charge is 0.303 e. The van der Waals surface area contributed by atoms with Crippen LogP contribution in [0.5, 0.6) is 0 Å². The second kappa shape index (κ2) is 5.32. The van der Waals surface area contributed by atoms with E-state index in [9.17, 15) is 14.7 Å². The zero-order chi connectivity index (χ0) is 17.9. The first-order chi connectivity index (χ1) is 11.0. The second-order valence-corrected chi connectivity index (χ2v) is 8.80. The molecule has 5 heteroatoms. The summed E-state index contributed by atoms with van der Waals surface area (Å²) in [6, 6.07) is 0. The number of carbonyl (C=O) groups excluding carboxylic acids is 2. The number of ether oxygens (including phenoxy) is 2. The van der Waals surface area contributed by atoms with Gasteiger partial charge in [-0.3, -0.25) is 9.59 Å². The zero-order valence-electron chi connectivity index (χ0n) is 15.2. The highest BCUT2D eigenvalue weighted by atomic mass is 16.6. The summed E-state index contributed by atoms with van der Waals surface area (Å²) in [6.07, 6.45) is 4.27. The maximum absolute atomic E-state index is 11.6. The highest BCUT2D eigenvalue weighted by molar-refractivity contribution is 5.67. The molecule has 5 nitrogen and oxygen atoms in total. The van der Waals surface area contributed by atoms with E-state index in [4.69, 9.17) is 9.47 Å². The highest BCUT2D eigenvalue weighted by Crippen LogP contribution is 2.68. The molecule has 0 bridgehead atoms. The molecule has 0 aromatic heterocycles. The van der Waals surface area contributed by atoms with Crippen LogP contribution in [0.4, 0.5) is 0 Å². The summed E-state index contributed by atoms with van der Waals surface area (Å²) >= 11 is 0. The molecule has 134 valence electrons. The van der Waals surface area contributed by atoms with E-state index in [1.54, 1.807) is 0 Å². The number of hydrogen-bond acceptors (Lipinski definition) is 5. The Kier molecular flexibility index (Phi) is 3.87. The molecule has 0 aliphatic heterocycles. The SMILES string of the molecule is CC(=O)OCC1=C[C@@H]2CC(C)(C)C[C@@H]2[C@@]2(C)C[C@@H](OC(C)=O)[C@@]12O. The van der Waals surface area contributed by atoms with Gasteiger partial charge < -0.3 is 14.6 Å². The van der Waals surface area contributed by atoms with Gasteiger partial charge in [-0.15, -0.1) is 0 Å². The Morgan fingerprint density at radius 1 is 1.17 bits per heavy atom. The summed E-state index contributed by atoms with van der Waals surface area (Å²) in [7, 11) is 0. The standard InChI is InChI=1S/C19H28O5/c1-11(20)23-10-14-6-13-7-17(3,4)8-15(13)18(5)9-16(19(14,18)22)24-12(2)21/h6,13,15-16,22H,7-10H2,1-5H3/t13-,15+,16-,18-,19+/m1/s1. The number of aliphatic hydroxyl groups is 1. The van der Waals surface area contributed by atoms with Gasteiger partial charge >= 0.3 is 11.9 Å².